The number of nitrogens with zero attached hydrogens (tertiary/aromatic N) is 1. The van der Waals surface area contributed by atoms with Gasteiger partial charge in [0.25, 0.3) is 5.69 Å². The predicted octanol–water partition coefficient (Wildman–Crippen LogP) is 1.88. The predicted molar refractivity (Wildman–Crippen MR) is 50.3 cm³/mol. The van der Waals surface area contributed by atoms with E-state index in [1.807, 2.05) is 0 Å². The molecule has 0 heterocycles. The summed E-state index contributed by atoms with van der Waals surface area (Å²) in [6.07, 6.45) is -0.784. The van der Waals surface area contributed by atoms with Crippen molar-refractivity contribution in [1.29, 1.82) is 0 Å². The lowest BCUT2D eigenvalue weighted by Crippen LogP contribution is -2.03. The van der Waals surface area contributed by atoms with Gasteiger partial charge in [0, 0.05) is 12.1 Å². The Kier molecular flexibility index (Phi) is 3.61. The molecule has 15 heavy (non-hydrogen) atoms. The minimum atomic E-state index is -0.784. The van der Waals surface area contributed by atoms with Crippen molar-refractivity contribution < 1.29 is 19.2 Å². The molecule has 0 radical (unpaired) electrons. The molecule has 0 spiro atoms. The lowest BCUT2D eigenvalue weighted by molar-refractivity contribution is -0.384. The summed E-state index contributed by atoms with van der Waals surface area (Å²) in [5, 5.41) is 10.3. The fourth-order valence-electron chi connectivity index (χ4n) is 0.915. The Balaban J connectivity index is 2.57. The topological polar surface area (TPSA) is 78.7 Å². The van der Waals surface area contributed by atoms with E-state index in [9.17, 15) is 14.9 Å². The van der Waals surface area contributed by atoms with Crippen molar-refractivity contribution in [3.8, 4) is 0 Å². The second-order valence-electron chi connectivity index (χ2n) is 2.67. The van der Waals surface area contributed by atoms with Crippen molar-refractivity contribution >= 4 is 11.8 Å². The zero-order valence-corrected chi connectivity index (χ0v) is 8.00. The Morgan fingerprint density at radius 2 is 2.00 bits per heavy atom. The van der Waals surface area contributed by atoms with Crippen LogP contribution in [0.2, 0.25) is 0 Å². The summed E-state index contributed by atoms with van der Waals surface area (Å²) in [6.45, 7) is 0.0324. The molecule has 0 bridgehead atoms. The highest BCUT2D eigenvalue weighted by atomic mass is 16.7. The molecule has 80 valence electrons. The number of carbonyl (C=O) groups excluding carboxylic acids is 1. The number of non-ortho nitro benzene ring substituents is 1. The second-order valence-corrected chi connectivity index (χ2v) is 2.67. The molecule has 0 unspecified atom stereocenters. The summed E-state index contributed by atoms with van der Waals surface area (Å²) < 4.78 is 8.91. The molecular weight excluding hydrogens is 202 g/mol. The van der Waals surface area contributed by atoms with E-state index in [1.54, 1.807) is 0 Å². The lowest BCUT2D eigenvalue weighted by atomic mass is 10.2. The van der Waals surface area contributed by atoms with E-state index in [2.05, 4.69) is 9.47 Å². The number of hydrogen-bond donors (Lipinski definition) is 0. The quantitative estimate of drug-likeness (QED) is 0.433. The van der Waals surface area contributed by atoms with Gasteiger partial charge >= 0.3 is 6.16 Å². The van der Waals surface area contributed by atoms with Crippen LogP contribution in [0.15, 0.2) is 24.3 Å². The molecule has 0 fully saturated rings. The third-order valence-electron chi connectivity index (χ3n) is 1.67. The van der Waals surface area contributed by atoms with Crippen molar-refractivity contribution in [3.05, 3.63) is 39.9 Å². The molecule has 0 aliphatic heterocycles. The molecule has 0 N–H and O–H groups in total. The molecule has 0 saturated carbocycles. The van der Waals surface area contributed by atoms with Gasteiger partial charge in [-0.15, -0.1) is 0 Å². The number of hydrogen-bond acceptors (Lipinski definition) is 5. The number of nitro groups is 1. The highest BCUT2D eigenvalue weighted by Crippen LogP contribution is 2.12. The summed E-state index contributed by atoms with van der Waals surface area (Å²) in [5.74, 6) is 0. The van der Waals surface area contributed by atoms with Crippen LogP contribution in [0.1, 0.15) is 5.56 Å². The van der Waals surface area contributed by atoms with E-state index < -0.39 is 11.1 Å². The smallest absolute Gasteiger partial charge is 0.438 e. The van der Waals surface area contributed by atoms with Crippen LogP contribution >= 0.6 is 0 Å². The Morgan fingerprint density at radius 3 is 2.47 bits per heavy atom. The van der Waals surface area contributed by atoms with Crippen molar-refractivity contribution in [3.63, 3.8) is 0 Å². The van der Waals surface area contributed by atoms with Crippen LogP contribution in [0, 0.1) is 10.1 Å². The van der Waals surface area contributed by atoms with Gasteiger partial charge in [-0.05, 0) is 17.7 Å². The molecule has 0 atom stereocenters. The van der Waals surface area contributed by atoms with Crippen LogP contribution in [0.3, 0.4) is 0 Å². The average Bonchev–Trinajstić information content (AvgIpc) is 2.26. The van der Waals surface area contributed by atoms with Gasteiger partial charge in [-0.2, -0.15) is 0 Å². The van der Waals surface area contributed by atoms with E-state index in [-0.39, 0.29) is 12.3 Å². The lowest BCUT2D eigenvalue weighted by Gasteiger charge is -2.02. The van der Waals surface area contributed by atoms with E-state index >= 15 is 0 Å². The molecule has 0 aromatic heterocycles. The van der Waals surface area contributed by atoms with Gasteiger partial charge in [0.05, 0.1) is 12.0 Å². The summed E-state index contributed by atoms with van der Waals surface area (Å²) in [4.78, 5) is 20.4. The maximum Gasteiger partial charge on any atom is 0.508 e. The van der Waals surface area contributed by atoms with Gasteiger partial charge in [0.2, 0.25) is 0 Å². The average molecular weight is 211 g/mol. The first-order valence-electron chi connectivity index (χ1n) is 4.07. The van der Waals surface area contributed by atoms with E-state index in [1.165, 1.54) is 31.4 Å². The Bertz CT molecular complexity index is 359. The Hall–Kier alpha value is -2.11. The van der Waals surface area contributed by atoms with Gasteiger partial charge in [-0.25, -0.2) is 4.79 Å². The molecule has 0 aliphatic rings. The molecule has 0 aliphatic carbocycles. The maximum atomic E-state index is 10.6. The molecule has 0 saturated heterocycles. The molecular formula is C9H9NO5. The monoisotopic (exact) mass is 211 g/mol. The van der Waals surface area contributed by atoms with E-state index in [0.29, 0.717) is 5.56 Å². The molecule has 6 nitrogen and oxygen atoms in total. The van der Waals surface area contributed by atoms with Crippen molar-refractivity contribution in [2.24, 2.45) is 0 Å². The van der Waals surface area contributed by atoms with Crippen molar-refractivity contribution in [1.82, 2.24) is 0 Å². The van der Waals surface area contributed by atoms with Crippen LogP contribution in [0.25, 0.3) is 0 Å². The van der Waals surface area contributed by atoms with Crippen LogP contribution in [0.4, 0.5) is 10.5 Å². The Labute approximate surface area is 85.6 Å². The maximum absolute atomic E-state index is 10.6. The van der Waals surface area contributed by atoms with Crippen LogP contribution < -0.4 is 0 Å². The summed E-state index contributed by atoms with van der Waals surface area (Å²) in [5.41, 5.74) is 0.655. The number of methoxy groups -OCH3 is 1. The normalized spacial score (nSPS) is 9.40. The zero-order chi connectivity index (χ0) is 11.3. The van der Waals surface area contributed by atoms with E-state index in [4.69, 9.17) is 0 Å². The molecule has 1 aromatic rings. The first kappa shape index (κ1) is 11.0. The number of nitro benzene ring substituents is 1. The molecule has 1 rings (SSSR count). The molecule has 1 aromatic carbocycles. The Morgan fingerprint density at radius 1 is 1.40 bits per heavy atom. The summed E-state index contributed by atoms with van der Waals surface area (Å²) in [6, 6.07) is 5.72. The van der Waals surface area contributed by atoms with Gasteiger partial charge in [-0.1, -0.05) is 0 Å². The first-order chi connectivity index (χ1) is 7.13. The summed E-state index contributed by atoms with van der Waals surface area (Å²) >= 11 is 0. The van der Waals surface area contributed by atoms with Crippen LogP contribution in [-0.2, 0) is 16.1 Å². The number of rotatable bonds is 3. The van der Waals surface area contributed by atoms with Crippen LogP contribution in [0.5, 0.6) is 0 Å². The number of carbonyl (C=O) groups is 1. The van der Waals surface area contributed by atoms with E-state index in [0.717, 1.165) is 0 Å². The summed E-state index contributed by atoms with van der Waals surface area (Å²) in [7, 11) is 1.21. The SMILES string of the molecule is COC(=O)OCc1ccc([N+](=O)[O-])cc1. The number of ether oxygens (including phenoxy) is 2. The fraction of sp³-hybridized carbons (Fsp3) is 0.222. The largest absolute Gasteiger partial charge is 0.508 e. The second kappa shape index (κ2) is 4.94. The third kappa shape index (κ3) is 3.26. The van der Waals surface area contributed by atoms with Gasteiger partial charge in [0.15, 0.2) is 0 Å². The molecule has 6 heteroatoms. The zero-order valence-electron chi connectivity index (χ0n) is 8.00. The van der Waals surface area contributed by atoms with Gasteiger partial charge in [-0.3, -0.25) is 10.1 Å². The van der Waals surface area contributed by atoms with Crippen molar-refractivity contribution in [2.75, 3.05) is 7.11 Å². The first-order valence-corrected chi connectivity index (χ1v) is 4.07. The molecule has 0 amide bonds. The standard InChI is InChI=1S/C9H9NO5/c1-14-9(11)15-6-7-2-4-8(5-3-7)10(12)13/h2-5H,6H2,1H3. The third-order valence-corrected chi connectivity index (χ3v) is 1.67. The van der Waals surface area contributed by atoms with Crippen LogP contribution in [-0.4, -0.2) is 18.2 Å². The number of benzene rings is 1. The minimum absolute atomic E-state index is 0.00295. The van der Waals surface area contributed by atoms with Crippen molar-refractivity contribution in [2.45, 2.75) is 6.61 Å². The highest BCUT2D eigenvalue weighted by Gasteiger charge is 2.05. The fourth-order valence-corrected chi connectivity index (χ4v) is 0.915. The minimum Gasteiger partial charge on any atom is -0.438 e. The highest BCUT2D eigenvalue weighted by molar-refractivity contribution is 5.59. The van der Waals surface area contributed by atoms with Gasteiger partial charge in [0.1, 0.15) is 6.61 Å². The van der Waals surface area contributed by atoms with Gasteiger partial charge < -0.3 is 9.47 Å².